The van der Waals surface area contributed by atoms with Gasteiger partial charge in [0.25, 0.3) is 0 Å². The van der Waals surface area contributed by atoms with E-state index in [1.165, 1.54) is 11.8 Å². The third-order valence-corrected chi connectivity index (χ3v) is 4.42. The van der Waals surface area contributed by atoms with Gasteiger partial charge in [-0.3, -0.25) is 10.1 Å². The second-order valence-corrected chi connectivity index (χ2v) is 6.66. The Labute approximate surface area is 149 Å². The third kappa shape index (κ3) is 3.90. The SMILES string of the molecule is C=CCn1c(SCC(=O)Nc2nnc(C(C)C)o2)nc2ccccc21. The van der Waals surface area contributed by atoms with Crippen LogP contribution in [0.3, 0.4) is 0 Å². The van der Waals surface area contributed by atoms with Crippen molar-refractivity contribution in [3.63, 3.8) is 0 Å². The van der Waals surface area contributed by atoms with Gasteiger partial charge < -0.3 is 8.98 Å². The summed E-state index contributed by atoms with van der Waals surface area (Å²) >= 11 is 1.36. The summed E-state index contributed by atoms with van der Waals surface area (Å²) in [6.45, 7) is 8.30. The smallest absolute Gasteiger partial charge is 0.322 e. The van der Waals surface area contributed by atoms with Crippen LogP contribution in [0.1, 0.15) is 25.7 Å². The molecule has 0 saturated carbocycles. The molecule has 2 aromatic heterocycles. The fraction of sp³-hybridized carbons (Fsp3) is 0.294. The summed E-state index contributed by atoms with van der Waals surface area (Å²) in [5.74, 6) is 0.586. The van der Waals surface area contributed by atoms with Gasteiger partial charge in [0.15, 0.2) is 5.16 Å². The highest BCUT2D eigenvalue weighted by molar-refractivity contribution is 7.99. The predicted molar refractivity (Wildman–Crippen MR) is 97.7 cm³/mol. The minimum atomic E-state index is -0.221. The van der Waals surface area contributed by atoms with Gasteiger partial charge in [0.1, 0.15) is 0 Å². The van der Waals surface area contributed by atoms with Crippen LogP contribution in [0, 0.1) is 0 Å². The molecular weight excluding hydrogens is 338 g/mol. The molecule has 0 unspecified atom stereocenters. The van der Waals surface area contributed by atoms with Gasteiger partial charge in [-0.25, -0.2) is 4.98 Å². The summed E-state index contributed by atoms with van der Waals surface area (Å²) in [6.07, 6.45) is 1.81. The number of amides is 1. The van der Waals surface area contributed by atoms with Crippen LogP contribution in [0.15, 0.2) is 46.5 Å². The van der Waals surface area contributed by atoms with E-state index in [-0.39, 0.29) is 23.6 Å². The number of para-hydroxylation sites is 2. The topological polar surface area (TPSA) is 85.8 Å². The van der Waals surface area contributed by atoms with E-state index in [4.69, 9.17) is 4.42 Å². The number of aromatic nitrogens is 4. The predicted octanol–water partition coefficient (Wildman–Crippen LogP) is 3.46. The zero-order valence-corrected chi connectivity index (χ0v) is 14.9. The highest BCUT2D eigenvalue weighted by Crippen LogP contribution is 2.24. The molecule has 0 bridgehead atoms. The normalized spacial score (nSPS) is 11.2. The monoisotopic (exact) mass is 357 g/mol. The van der Waals surface area contributed by atoms with Crippen molar-refractivity contribution in [3.05, 3.63) is 42.8 Å². The number of hydrogen-bond acceptors (Lipinski definition) is 6. The molecule has 7 nitrogen and oxygen atoms in total. The molecule has 1 aromatic carbocycles. The van der Waals surface area contributed by atoms with Crippen molar-refractivity contribution >= 4 is 34.7 Å². The summed E-state index contributed by atoms with van der Waals surface area (Å²) in [7, 11) is 0. The zero-order valence-electron chi connectivity index (χ0n) is 14.1. The first-order valence-corrected chi connectivity index (χ1v) is 8.89. The molecule has 0 atom stereocenters. The average Bonchev–Trinajstić information content (AvgIpc) is 3.19. The Morgan fingerprint density at radius 2 is 2.20 bits per heavy atom. The Balaban J connectivity index is 1.68. The van der Waals surface area contributed by atoms with Crippen molar-refractivity contribution in [1.29, 1.82) is 0 Å². The fourth-order valence-corrected chi connectivity index (χ4v) is 3.10. The molecule has 1 N–H and O–H groups in total. The van der Waals surface area contributed by atoms with Gasteiger partial charge >= 0.3 is 6.01 Å². The Hall–Kier alpha value is -2.61. The number of nitrogens with zero attached hydrogens (tertiary/aromatic N) is 4. The number of carbonyl (C=O) groups is 1. The van der Waals surface area contributed by atoms with E-state index in [1.54, 1.807) is 0 Å². The number of benzene rings is 1. The van der Waals surface area contributed by atoms with Gasteiger partial charge in [0.2, 0.25) is 11.8 Å². The Morgan fingerprint density at radius 1 is 1.40 bits per heavy atom. The van der Waals surface area contributed by atoms with Crippen LogP contribution in [0.25, 0.3) is 11.0 Å². The molecule has 130 valence electrons. The van der Waals surface area contributed by atoms with Crippen LogP contribution >= 0.6 is 11.8 Å². The number of allylic oxidation sites excluding steroid dienone is 1. The average molecular weight is 357 g/mol. The molecule has 8 heteroatoms. The molecule has 1 amide bonds. The van der Waals surface area contributed by atoms with Gasteiger partial charge in [-0.2, -0.15) is 0 Å². The molecule has 3 aromatic rings. The second-order valence-electron chi connectivity index (χ2n) is 5.72. The van der Waals surface area contributed by atoms with Gasteiger partial charge in [-0.05, 0) is 12.1 Å². The van der Waals surface area contributed by atoms with E-state index in [0.29, 0.717) is 12.4 Å². The molecule has 3 rings (SSSR count). The van der Waals surface area contributed by atoms with E-state index >= 15 is 0 Å². The number of imidazole rings is 1. The van der Waals surface area contributed by atoms with Gasteiger partial charge in [-0.1, -0.05) is 48.9 Å². The van der Waals surface area contributed by atoms with E-state index in [1.807, 2.05) is 48.8 Å². The number of anilines is 1. The van der Waals surface area contributed by atoms with Crippen molar-refractivity contribution in [2.24, 2.45) is 0 Å². The van der Waals surface area contributed by atoms with Crippen molar-refractivity contribution in [1.82, 2.24) is 19.7 Å². The Bertz CT molecular complexity index is 899. The summed E-state index contributed by atoms with van der Waals surface area (Å²) in [5.41, 5.74) is 1.91. The summed E-state index contributed by atoms with van der Waals surface area (Å²) in [5, 5.41) is 11.1. The lowest BCUT2D eigenvalue weighted by atomic mass is 10.2. The molecule has 0 aliphatic heterocycles. The second kappa shape index (κ2) is 7.52. The molecule has 25 heavy (non-hydrogen) atoms. The van der Waals surface area contributed by atoms with E-state index in [2.05, 4.69) is 27.1 Å². The van der Waals surface area contributed by atoms with Gasteiger partial charge in [-0.15, -0.1) is 11.7 Å². The summed E-state index contributed by atoms with van der Waals surface area (Å²) in [6, 6.07) is 7.98. The Kier molecular flexibility index (Phi) is 5.18. The van der Waals surface area contributed by atoms with Gasteiger partial charge in [0.05, 0.1) is 16.8 Å². The van der Waals surface area contributed by atoms with Crippen molar-refractivity contribution < 1.29 is 9.21 Å². The van der Waals surface area contributed by atoms with Crippen LogP contribution in [0.5, 0.6) is 0 Å². The number of fused-ring (bicyclic) bond motifs is 1. The lowest BCUT2D eigenvalue weighted by Crippen LogP contribution is -2.14. The standard InChI is InChI=1S/C17H19N5O2S/c1-4-9-22-13-8-6-5-7-12(13)18-17(22)25-10-14(23)19-16-21-20-15(24-16)11(2)3/h4-8,11H,1,9-10H2,2-3H3,(H,19,21,23). The van der Waals surface area contributed by atoms with Crippen LogP contribution in [-0.4, -0.2) is 31.4 Å². The maximum atomic E-state index is 12.1. The first-order valence-electron chi connectivity index (χ1n) is 7.90. The van der Waals surface area contributed by atoms with Crippen molar-refractivity contribution in [3.8, 4) is 0 Å². The van der Waals surface area contributed by atoms with Crippen LogP contribution in [0.2, 0.25) is 0 Å². The molecular formula is C17H19N5O2S. The van der Waals surface area contributed by atoms with E-state index < -0.39 is 0 Å². The van der Waals surface area contributed by atoms with Crippen molar-refractivity contribution in [2.75, 3.05) is 11.1 Å². The van der Waals surface area contributed by atoms with E-state index in [9.17, 15) is 4.79 Å². The number of rotatable bonds is 7. The van der Waals surface area contributed by atoms with Crippen LogP contribution in [0.4, 0.5) is 6.01 Å². The minimum absolute atomic E-state index is 0.117. The van der Waals surface area contributed by atoms with Crippen molar-refractivity contribution in [2.45, 2.75) is 31.5 Å². The van der Waals surface area contributed by atoms with Crippen LogP contribution in [-0.2, 0) is 11.3 Å². The minimum Gasteiger partial charge on any atom is -0.408 e. The molecule has 0 radical (unpaired) electrons. The molecule has 0 spiro atoms. The molecule has 2 heterocycles. The third-order valence-electron chi connectivity index (χ3n) is 3.44. The lowest BCUT2D eigenvalue weighted by Gasteiger charge is -2.05. The number of carbonyl (C=O) groups excluding carboxylic acids is 1. The first kappa shape index (κ1) is 17.2. The largest absolute Gasteiger partial charge is 0.408 e. The summed E-state index contributed by atoms with van der Waals surface area (Å²) in [4.78, 5) is 16.7. The quantitative estimate of drug-likeness (QED) is 0.515. The lowest BCUT2D eigenvalue weighted by molar-refractivity contribution is -0.113. The maximum absolute atomic E-state index is 12.1. The van der Waals surface area contributed by atoms with Gasteiger partial charge in [0, 0.05) is 12.5 Å². The molecule has 0 saturated heterocycles. The highest BCUT2D eigenvalue weighted by Gasteiger charge is 2.15. The summed E-state index contributed by atoms with van der Waals surface area (Å²) < 4.78 is 7.41. The highest BCUT2D eigenvalue weighted by atomic mass is 32.2. The zero-order chi connectivity index (χ0) is 17.8. The molecule has 0 aliphatic carbocycles. The van der Waals surface area contributed by atoms with E-state index in [0.717, 1.165) is 16.2 Å². The number of thioether (sulfide) groups is 1. The molecule has 0 fully saturated rings. The number of nitrogens with one attached hydrogen (secondary N) is 1. The Morgan fingerprint density at radius 3 is 2.92 bits per heavy atom. The maximum Gasteiger partial charge on any atom is 0.322 e. The molecule has 0 aliphatic rings. The van der Waals surface area contributed by atoms with Crippen LogP contribution < -0.4 is 5.32 Å². The number of hydrogen-bond donors (Lipinski definition) is 1. The fourth-order valence-electron chi connectivity index (χ4n) is 2.27. The first-order chi connectivity index (χ1) is 12.1.